The number of esters is 1. The maximum absolute atomic E-state index is 12.2. The molecular weight excluding hydrogens is 364 g/mol. The minimum Gasteiger partial charge on any atom is -0.466 e. The Kier molecular flexibility index (Phi) is 7.84. The van der Waals surface area contributed by atoms with Crippen LogP contribution >= 0.6 is 0 Å². The molecule has 1 aliphatic carbocycles. The number of carbonyl (C=O) groups excluding carboxylic acids is 1. The molecule has 0 bridgehead atoms. The molecule has 156 valence electrons. The van der Waals surface area contributed by atoms with Crippen molar-refractivity contribution in [2.75, 3.05) is 13.2 Å². The first-order valence-electron chi connectivity index (χ1n) is 10.5. The van der Waals surface area contributed by atoms with Gasteiger partial charge in [-0.25, -0.2) is 0 Å². The summed E-state index contributed by atoms with van der Waals surface area (Å²) < 4.78 is 17.6. The van der Waals surface area contributed by atoms with Gasteiger partial charge in [-0.15, -0.1) is 0 Å². The van der Waals surface area contributed by atoms with E-state index in [-0.39, 0.29) is 23.4 Å². The van der Waals surface area contributed by atoms with E-state index in [2.05, 4.69) is 31.2 Å². The Morgan fingerprint density at radius 3 is 2.24 bits per heavy atom. The van der Waals surface area contributed by atoms with E-state index < -0.39 is 0 Å². The molecule has 29 heavy (non-hydrogen) atoms. The van der Waals surface area contributed by atoms with Crippen molar-refractivity contribution >= 4 is 5.97 Å². The third-order valence-electron chi connectivity index (χ3n) is 5.91. The molecule has 1 saturated carbocycles. The molecule has 1 aliphatic rings. The maximum atomic E-state index is 12.2. The lowest BCUT2D eigenvalue weighted by Crippen LogP contribution is -2.35. The minimum atomic E-state index is -0.176. The molecule has 3 rings (SSSR count). The standard InChI is InChI=1S/C25H32O4/c1-3-28-24(26)16-25(2)15-14-23(29-18-21-12-8-5-9-13-21)22(25)19-27-17-20-10-6-4-7-11-20/h4-13,22-23H,3,14-19H2,1-2H3/t22-,23+,25+/m1/s1. The summed E-state index contributed by atoms with van der Waals surface area (Å²) in [5.41, 5.74) is 2.14. The highest BCUT2D eigenvalue weighted by Crippen LogP contribution is 2.47. The van der Waals surface area contributed by atoms with Crippen LogP contribution in [0.2, 0.25) is 0 Å². The van der Waals surface area contributed by atoms with Gasteiger partial charge in [-0.2, -0.15) is 0 Å². The second-order valence-corrected chi connectivity index (χ2v) is 8.12. The summed E-state index contributed by atoms with van der Waals surface area (Å²) in [6.07, 6.45) is 2.35. The van der Waals surface area contributed by atoms with Crippen LogP contribution in [0.3, 0.4) is 0 Å². The summed E-state index contributed by atoms with van der Waals surface area (Å²) in [4.78, 5) is 12.2. The predicted octanol–water partition coefficient (Wildman–Crippen LogP) is 5.16. The molecule has 0 aromatic heterocycles. The molecule has 0 spiro atoms. The van der Waals surface area contributed by atoms with Crippen molar-refractivity contribution in [2.24, 2.45) is 11.3 Å². The van der Waals surface area contributed by atoms with Crippen molar-refractivity contribution in [2.45, 2.75) is 52.4 Å². The highest BCUT2D eigenvalue weighted by Gasteiger charge is 2.47. The Balaban J connectivity index is 1.64. The van der Waals surface area contributed by atoms with Gasteiger partial charge in [0, 0.05) is 5.92 Å². The monoisotopic (exact) mass is 396 g/mol. The fourth-order valence-electron chi connectivity index (χ4n) is 4.23. The zero-order chi connectivity index (χ0) is 20.5. The first-order chi connectivity index (χ1) is 14.1. The van der Waals surface area contributed by atoms with Crippen molar-refractivity contribution in [3.63, 3.8) is 0 Å². The molecule has 0 saturated heterocycles. The van der Waals surface area contributed by atoms with Crippen LogP contribution in [-0.4, -0.2) is 25.3 Å². The Morgan fingerprint density at radius 2 is 1.62 bits per heavy atom. The molecule has 3 atom stereocenters. The minimum absolute atomic E-state index is 0.0745. The maximum Gasteiger partial charge on any atom is 0.306 e. The van der Waals surface area contributed by atoms with Gasteiger partial charge in [0.2, 0.25) is 0 Å². The lowest BCUT2D eigenvalue weighted by Gasteiger charge is -2.33. The number of hydrogen-bond acceptors (Lipinski definition) is 4. The van der Waals surface area contributed by atoms with Gasteiger partial charge in [0.15, 0.2) is 0 Å². The van der Waals surface area contributed by atoms with E-state index in [1.165, 1.54) is 0 Å². The van der Waals surface area contributed by atoms with Crippen LogP contribution in [-0.2, 0) is 32.2 Å². The van der Waals surface area contributed by atoms with Gasteiger partial charge in [0.1, 0.15) is 0 Å². The number of ether oxygens (including phenoxy) is 3. The van der Waals surface area contributed by atoms with Crippen LogP contribution in [0.4, 0.5) is 0 Å². The molecule has 0 unspecified atom stereocenters. The van der Waals surface area contributed by atoms with E-state index in [0.29, 0.717) is 32.8 Å². The average Bonchev–Trinajstić information content (AvgIpc) is 3.03. The first-order valence-corrected chi connectivity index (χ1v) is 10.5. The zero-order valence-electron chi connectivity index (χ0n) is 17.5. The van der Waals surface area contributed by atoms with Crippen LogP contribution < -0.4 is 0 Å². The predicted molar refractivity (Wildman–Crippen MR) is 113 cm³/mol. The molecule has 4 nitrogen and oxygen atoms in total. The van der Waals surface area contributed by atoms with Crippen LogP contribution in [0, 0.1) is 11.3 Å². The zero-order valence-corrected chi connectivity index (χ0v) is 17.5. The largest absolute Gasteiger partial charge is 0.466 e. The molecule has 1 fully saturated rings. The Morgan fingerprint density at radius 1 is 1.00 bits per heavy atom. The van der Waals surface area contributed by atoms with E-state index in [0.717, 1.165) is 24.0 Å². The molecule has 4 heteroatoms. The molecule has 0 aliphatic heterocycles. The quantitative estimate of drug-likeness (QED) is 0.521. The van der Waals surface area contributed by atoms with Gasteiger partial charge >= 0.3 is 5.97 Å². The van der Waals surface area contributed by atoms with Crippen molar-refractivity contribution in [3.05, 3.63) is 71.8 Å². The van der Waals surface area contributed by atoms with Gasteiger partial charge < -0.3 is 14.2 Å². The number of benzene rings is 2. The lowest BCUT2D eigenvalue weighted by atomic mass is 9.76. The Labute approximate surface area is 174 Å². The van der Waals surface area contributed by atoms with Crippen molar-refractivity contribution < 1.29 is 19.0 Å². The van der Waals surface area contributed by atoms with Crippen molar-refractivity contribution in [1.82, 2.24) is 0 Å². The van der Waals surface area contributed by atoms with Gasteiger partial charge in [-0.05, 0) is 36.3 Å². The highest BCUT2D eigenvalue weighted by molar-refractivity contribution is 5.70. The highest BCUT2D eigenvalue weighted by atomic mass is 16.5. The van der Waals surface area contributed by atoms with Crippen LogP contribution in [0.15, 0.2) is 60.7 Å². The van der Waals surface area contributed by atoms with E-state index in [1.54, 1.807) is 0 Å². The van der Waals surface area contributed by atoms with Crippen molar-refractivity contribution in [1.29, 1.82) is 0 Å². The molecule has 0 N–H and O–H groups in total. The molecule has 2 aromatic rings. The average molecular weight is 397 g/mol. The fraction of sp³-hybridized carbons (Fsp3) is 0.480. The second kappa shape index (κ2) is 10.6. The molecule has 0 radical (unpaired) electrons. The smallest absolute Gasteiger partial charge is 0.306 e. The van der Waals surface area contributed by atoms with E-state index in [4.69, 9.17) is 14.2 Å². The number of rotatable bonds is 10. The van der Waals surface area contributed by atoms with E-state index in [9.17, 15) is 4.79 Å². The summed E-state index contributed by atoms with van der Waals surface area (Å²) in [7, 11) is 0. The van der Waals surface area contributed by atoms with E-state index in [1.807, 2.05) is 43.3 Å². The summed E-state index contributed by atoms with van der Waals surface area (Å²) in [5, 5.41) is 0. The fourth-order valence-corrected chi connectivity index (χ4v) is 4.23. The van der Waals surface area contributed by atoms with Gasteiger partial charge in [-0.3, -0.25) is 4.79 Å². The van der Waals surface area contributed by atoms with E-state index >= 15 is 0 Å². The molecule has 0 heterocycles. The molecule has 2 aromatic carbocycles. The third kappa shape index (κ3) is 6.15. The third-order valence-corrected chi connectivity index (χ3v) is 5.91. The Bertz CT molecular complexity index is 746. The SMILES string of the molecule is CCOC(=O)C[C@]1(C)CC[C@H](OCc2ccccc2)[C@H]1COCc1ccccc1. The summed E-state index contributed by atoms with van der Waals surface area (Å²) in [5.74, 6) is 0.0195. The van der Waals surface area contributed by atoms with Crippen molar-refractivity contribution in [3.8, 4) is 0 Å². The summed E-state index contributed by atoms with van der Waals surface area (Å²) in [6, 6.07) is 20.4. The normalized spacial score (nSPS) is 23.8. The second-order valence-electron chi connectivity index (χ2n) is 8.12. The van der Waals surface area contributed by atoms with Gasteiger partial charge in [0.05, 0.1) is 39.0 Å². The van der Waals surface area contributed by atoms with Gasteiger partial charge in [0.25, 0.3) is 0 Å². The molecule has 0 amide bonds. The van der Waals surface area contributed by atoms with Crippen LogP contribution in [0.5, 0.6) is 0 Å². The summed E-state index contributed by atoms with van der Waals surface area (Å²) >= 11 is 0. The lowest BCUT2D eigenvalue weighted by molar-refractivity contribution is -0.147. The van der Waals surface area contributed by atoms with Gasteiger partial charge in [-0.1, -0.05) is 67.6 Å². The first kappa shape index (κ1) is 21.5. The number of hydrogen-bond donors (Lipinski definition) is 0. The topological polar surface area (TPSA) is 44.8 Å². The van der Waals surface area contributed by atoms with Crippen LogP contribution in [0.25, 0.3) is 0 Å². The Hall–Kier alpha value is -2.17. The number of carbonyl (C=O) groups is 1. The van der Waals surface area contributed by atoms with Crippen LogP contribution in [0.1, 0.15) is 44.2 Å². The summed E-state index contributed by atoms with van der Waals surface area (Å²) in [6.45, 7) is 6.16. The molecular formula is C25H32O4.